The third kappa shape index (κ3) is 3.99. The summed E-state index contributed by atoms with van der Waals surface area (Å²) in [6.45, 7) is 4.13. The lowest BCUT2D eigenvalue weighted by atomic mass is 10.2. The molecule has 2 aromatic heterocycles. The molecule has 7 heteroatoms. The summed E-state index contributed by atoms with van der Waals surface area (Å²) in [5.74, 6) is 0.593. The van der Waals surface area contributed by atoms with Crippen LogP contribution in [0.5, 0.6) is 5.75 Å². The number of benzene rings is 1. The van der Waals surface area contributed by atoms with Gasteiger partial charge in [-0.05, 0) is 31.0 Å². The minimum atomic E-state index is -0.247. The Bertz CT molecular complexity index is 911. The van der Waals surface area contributed by atoms with Crippen LogP contribution >= 0.6 is 23.1 Å². The summed E-state index contributed by atoms with van der Waals surface area (Å²) in [6, 6.07) is 9.55. The Morgan fingerprint density at radius 1 is 1.31 bits per heavy atom. The van der Waals surface area contributed by atoms with E-state index in [4.69, 9.17) is 4.74 Å². The molecule has 0 saturated carbocycles. The van der Waals surface area contributed by atoms with E-state index in [-0.39, 0.29) is 11.2 Å². The summed E-state index contributed by atoms with van der Waals surface area (Å²) in [7, 11) is 1.59. The number of carbonyl (C=O) groups excluding carboxylic acids is 1. The molecule has 26 heavy (non-hydrogen) atoms. The van der Waals surface area contributed by atoms with Crippen LogP contribution in [-0.4, -0.2) is 28.2 Å². The molecule has 3 aromatic rings. The third-order valence-corrected chi connectivity index (χ3v) is 6.54. The molecular formula is C19H21N3O2S2. The van der Waals surface area contributed by atoms with Crippen molar-refractivity contribution in [3.8, 4) is 5.75 Å². The van der Waals surface area contributed by atoms with Gasteiger partial charge < -0.3 is 10.1 Å². The molecule has 0 aliphatic heterocycles. The van der Waals surface area contributed by atoms with Crippen molar-refractivity contribution in [1.82, 2.24) is 9.97 Å². The molecule has 1 aromatic carbocycles. The van der Waals surface area contributed by atoms with E-state index in [2.05, 4.69) is 28.3 Å². The molecule has 1 amide bonds. The van der Waals surface area contributed by atoms with Crippen molar-refractivity contribution in [2.75, 3.05) is 12.4 Å². The number of carbonyl (C=O) groups is 1. The largest absolute Gasteiger partial charge is 0.495 e. The van der Waals surface area contributed by atoms with Crippen molar-refractivity contribution in [1.29, 1.82) is 0 Å². The number of thiophene rings is 1. The summed E-state index contributed by atoms with van der Waals surface area (Å²) in [5, 5.41) is 4.61. The van der Waals surface area contributed by atoms with Gasteiger partial charge in [-0.25, -0.2) is 9.97 Å². The van der Waals surface area contributed by atoms with Crippen LogP contribution in [0.25, 0.3) is 10.2 Å². The molecule has 0 fully saturated rings. The number of methoxy groups -OCH3 is 1. The van der Waals surface area contributed by atoms with Crippen molar-refractivity contribution < 1.29 is 9.53 Å². The minimum absolute atomic E-state index is 0.0558. The summed E-state index contributed by atoms with van der Waals surface area (Å²) in [6.07, 6.45) is 3.24. The Balaban J connectivity index is 1.81. The standard InChI is InChI=1S/C19H21N3O2S2/c1-4-12-10-13-18(25-12)20-11-21-19(13)26-16(5-2)17(23)22-14-8-6-7-9-15(14)24-3/h6-11,16H,4-5H2,1-3H3,(H,22,23). The second-order valence-electron chi connectivity index (χ2n) is 5.67. The number of aryl methyl sites for hydroxylation is 1. The fourth-order valence-corrected chi connectivity index (χ4v) is 4.56. The lowest BCUT2D eigenvalue weighted by molar-refractivity contribution is -0.115. The summed E-state index contributed by atoms with van der Waals surface area (Å²) >= 11 is 3.17. The van der Waals surface area contributed by atoms with Crippen molar-refractivity contribution in [2.24, 2.45) is 0 Å². The van der Waals surface area contributed by atoms with Crippen molar-refractivity contribution in [3.63, 3.8) is 0 Å². The number of nitrogens with one attached hydrogen (secondary N) is 1. The Morgan fingerprint density at radius 2 is 2.12 bits per heavy atom. The van der Waals surface area contributed by atoms with E-state index in [1.54, 1.807) is 24.8 Å². The van der Waals surface area contributed by atoms with Gasteiger partial charge in [-0.2, -0.15) is 0 Å². The number of thioether (sulfide) groups is 1. The topological polar surface area (TPSA) is 64.1 Å². The smallest absolute Gasteiger partial charge is 0.238 e. The van der Waals surface area contributed by atoms with Crippen molar-refractivity contribution in [2.45, 2.75) is 37.0 Å². The van der Waals surface area contributed by atoms with E-state index in [0.717, 1.165) is 21.7 Å². The number of para-hydroxylation sites is 2. The maximum absolute atomic E-state index is 12.8. The monoisotopic (exact) mass is 387 g/mol. The number of ether oxygens (including phenoxy) is 1. The lowest BCUT2D eigenvalue weighted by Crippen LogP contribution is -2.25. The fourth-order valence-electron chi connectivity index (χ4n) is 2.57. The van der Waals surface area contributed by atoms with Crippen LogP contribution in [0.15, 0.2) is 41.7 Å². The first kappa shape index (κ1) is 18.7. The lowest BCUT2D eigenvalue weighted by Gasteiger charge is -2.16. The van der Waals surface area contributed by atoms with E-state index in [1.165, 1.54) is 16.6 Å². The molecule has 136 valence electrons. The number of anilines is 1. The molecule has 0 spiro atoms. The van der Waals surface area contributed by atoms with Crippen LogP contribution in [0.4, 0.5) is 5.69 Å². The first-order valence-electron chi connectivity index (χ1n) is 8.50. The van der Waals surface area contributed by atoms with E-state index in [0.29, 0.717) is 17.9 Å². The van der Waals surface area contributed by atoms with Gasteiger partial charge in [0.15, 0.2) is 0 Å². The number of fused-ring (bicyclic) bond motifs is 1. The number of amides is 1. The number of rotatable bonds is 7. The molecular weight excluding hydrogens is 366 g/mol. The van der Waals surface area contributed by atoms with Gasteiger partial charge in [0.1, 0.15) is 21.9 Å². The zero-order valence-corrected chi connectivity index (χ0v) is 16.6. The fraction of sp³-hybridized carbons (Fsp3) is 0.316. The molecule has 0 bridgehead atoms. The Labute approximate surface area is 161 Å². The predicted molar refractivity (Wildman–Crippen MR) is 108 cm³/mol. The van der Waals surface area contributed by atoms with E-state index >= 15 is 0 Å². The highest BCUT2D eigenvalue weighted by Gasteiger charge is 2.21. The van der Waals surface area contributed by atoms with Gasteiger partial charge in [-0.3, -0.25) is 4.79 Å². The molecule has 0 saturated heterocycles. The van der Waals surface area contributed by atoms with Gasteiger partial charge >= 0.3 is 0 Å². The van der Waals surface area contributed by atoms with E-state index < -0.39 is 0 Å². The third-order valence-electron chi connectivity index (χ3n) is 3.97. The normalized spacial score (nSPS) is 12.1. The highest BCUT2D eigenvalue weighted by Crippen LogP contribution is 2.34. The second kappa shape index (κ2) is 8.51. The molecule has 1 atom stereocenters. The number of aromatic nitrogens is 2. The van der Waals surface area contributed by atoms with Crippen LogP contribution in [0.2, 0.25) is 0 Å². The first-order valence-corrected chi connectivity index (χ1v) is 10.2. The van der Waals surface area contributed by atoms with Crippen LogP contribution in [-0.2, 0) is 11.2 Å². The van der Waals surface area contributed by atoms with Gasteiger partial charge in [-0.1, -0.05) is 37.7 Å². The van der Waals surface area contributed by atoms with E-state index in [9.17, 15) is 4.79 Å². The van der Waals surface area contributed by atoms with Gasteiger partial charge in [0.25, 0.3) is 0 Å². The molecule has 3 rings (SSSR count). The van der Waals surface area contributed by atoms with Crippen molar-refractivity contribution in [3.05, 3.63) is 41.5 Å². The van der Waals surface area contributed by atoms with Gasteiger partial charge in [0.05, 0.1) is 18.0 Å². The number of hydrogen-bond acceptors (Lipinski definition) is 6. The summed E-state index contributed by atoms with van der Waals surface area (Å²) < 4.78 is 5.31. The summed E-state index contributed by atoms with van der Waals surface area (Å²) in [4.78, 5) is 23.8. The zero-order chi connectivity index (χ0) is 18.5. The molecule has 0 aliphatic carbocycles. The molecule has 2 heterocycles. The van der Waals surface area contributed by atoms with Gasteiger partial charge in [0.2, 0.25) is 5.91 Å². The Hall–Kier alpha value is -2.12. The van der Waals surface area contributed by atoms with Crippen LogP contribution in [0, 0.1) is 0 Å². The molecule has 0 aliphatic rings. The average Bonchev–Trinajstić information content (AvgIpc) is 3.10. The molecule has 1 N–H and O–H groups in total. The second-order valence-corrected chi connectivity index (χ2v) is 7.97. The van der Waals surface area contributed by atoms with Crippen LogP contribution in [0.1, 0.15) is 25.1 Å². The Morgan fingerprint density at radius 3 is 2.85 bits per heavy atom. The SMILES string of the molecule is CCc1cc2c(SC(CC)C(=O)Nc3ccccc3OC)ncnc2s1. The van der Waals surface area contributed by atoms with Crippen molar-refractivity contribution >= 4 is 44.9 Å². The predicted octanol–water partition coefficient (Wildman–Crippen LogP) is 4.77. The minimum Gasteiger partial charge on any atom is -0.495 e. The number of hydrogen-bond donors (Lipinski definition) is 1. The maximum atomic E-state index is 12.8. The first-order chi connectivity index (χ1) is 12.7. The zero-order valence-electron chi connectivity index (χ0n) is 15.0. The molecule has 5 nitrogen and oxygen atoms in total. The van der Waals surface area contributed by atoms with E-state index in [1.807, 2.05) is 31.2 Å². The highest BCUT2D eigenvalue weighted by atomic mass is 32.2. The molecule has 0 radical (unpaired) electrons. The van der Waals surface area contributed by atoms with Crippen LogP contribution < -0.4 is 10.1 Å². The van der Waals surface area contributed by atoms with Crippen LogP contribution in [0.3, 0.4) is 0 Å². The Kier molecular flexibility index (Phi) is 6.11. The average molecular weight is 388 g/mol. The van der Waals surface area contributed by atoms with Gasteiger partial charge in [0, 0.05) is 10.3 Å². The maximum Gasteiger partial charge on any atom is 0.238 e. The molecule has 1 unspecified atom stereocenters. The number of nitrogens with zero attached hydrogens (tertiary/aromatic N) is 2. The highest BCUT2D eigenvalue weighted by molar-refractivity contribution is 8.00. The quantitative estimate of drug-likeness (QED) is 0.467. The summed E-state index contributed by atoms with van der Waals surface area (Å²) in [5.41, 5.74) is 0.677. The van der Waals surface area contributed by atoms with Gasteiger partial charge in [-0.15, -0.1) is 11.3 Å².